The van der Waals surface area contributed by atoms with Gasteiger partial charge in [-0.05, 0) is 41.1 Å². The van der Waals surface area contributed by atoms with Gasteiger partial charge < -0.3 is 4.90 Å². The van der Waals surface area contributed by atoms with Gasteiger partial charge in [-0.1, -0.05) is 11.6 Å². The van der Waals surface area contributed by atoms with Gasteiger partial charge in [-0.3, -0.25) is 4.79 Å². The van der Waals surface area contributed by atoms with E-state index in [0.29, 0.717) is 10.8 Å². The quantitative estimate of drug-likeness (QED) is 0.767. The van der Waals surface area contributed by atoms with E-state index in [1.54, 1.807) is 12.3 Å². The van der Waals surface area contributed by atoms with Gasteiger partial charge in [0.25, 0.3) is 5.91 Å². The Hall–Kier alpha value is -0.260. The number of likely N-dealkylation sites (tertiary alicyclic amines) is 1. The van der Waals surface area contributed by atoms with Gasteiger partial charge in [-0.15, -0.1) is 0 Å². The van der Waals surface area contributed by atoms with Crippen molar-refractivity contribution in [3.8, 4) is 0 Å². The third-order valence-corrected chi connectivity index (χ3v) is 4.97. The number of aromatic nitrogens is 1. The maximum absolute atomic E-state index is 12.3. The lowest BCUT2D eigenvalue weighted by Crippen LogP contribution is -2.39. The zero-order valence-electron chi connectivity index (χ0n) is 10.0. The molecule has 98 valence electrons. The number of amides is 1. The first kappa shape index (κ1) is 14.2. The Bertz CT molecular complexity index is 450. The van der Waals surface area contributed by atoms with Crippen molar-refractivity contribution in [2.45, 2.75) is 18.1 Å². The lowest BCUT2D eigenvalue weighted by Gasteiger charge is -2.31. The third-order valence-electron chi connectivity index (χ3n) is 3.10. The normalized spacial score (nSPS) is 16.9. The van der Waals surface area contributed by atoms with E-state index in [1.165, 1.54) is 0 Å². The average Bonchev–Trinajstić information content (AvgIpc) is 2.41. The van der Waals surface area contributed by atoms with E-state index in [4.69, 9.17) is 11.6 Å². The topological polar surface area (TPSA) is 33.2 Å². The molecule has 3 nitrogen and oxygen atoms in total. The van der Waals surface area contributed by atoms with Crippen molar-refractivity contribution < 1.29 is 4.79 Å². The van der Waals surface area contributed by atoms with Crippen molar-refractivity contribution in [3.63, 3.8) is 0 Å². The Morgan fingerprint density at radius 3 is 2.83 bits per heavy atom. The highest BCUT2D eigenvalue weighted by Crippen LogP contribution is 2.24. The van der Waals surface area contributed by atoms with Crippen LogP contribution in [0.5, 0.6) is 0 Å². The molecule has 0 radical (unpaired) electrons. The van der Waals surface area contributed by atoms with Crippen LogP contribution in [0.25, 0.3) is 0 Å². The predicted octanol–water partition coefficient (Wildman–Crippen LogP) is 3.47. The number of halogens is 2. The van der Waals surface area contributed by atoms with Gasteiger partial charge in [0, 0.05) is 29.0 Å². The van der Waals surface area contributed by atoms with E-state index in [2.05, 4.69) is 27.2 Å². The van der Waals surface area contributed by atoms with Crippen LogP contribution in [0.1, 0.15) is 23.2 Å². The largest absolute Gasteiger partial charge is 0.338 e. The van der Waals surface area contributed by atoms with Crippen LogP contribution in [0.3, 0.4) is 0 Å². The first-order chi connectivity index (χ1) is 8.61. The summed E-state index contributed by atoms with van der Waals surface area (Å²) in [6.45, 7) is 1.60. The molecule has 2 heterocycles. The minimum atomic E-state index is -0.0200. The second kappa shape index (κ2) is 6.26. The fourth-order valence-corrected chi connectivity index (χ4v) is 3.24. The molecule has 0 spiro atoms. The zero-order chi connectivity index (χ0) is 13.1. The molecule has 2 rings (SSSR count). The number of thioether (sulfide) groups is 1. The fraction of sp³-hybridized carbons (Fsp3) is 0.500. The van der Waals surface area contributed by atoms with Crippen LogP contribution in [0.2, 0.25) is 5.15 Å². The first-order valence-corrected chi connectivity index (χ1v) is 8.21. The molecule has 0 aromatic carbocycles. The minimum absolute atomic E-state index is 0.0200. The lowest BCUT2D eigenvalue weighted by molar-refractivity contribution is 0.0727. The summed E-state index contributed by atoms with van der Waals surface area (Å²) in [5.74, 6) is -0.0200. The van der Waals surface area contributed by atoms with Gasteiger partial charge in [-0.25, -0.2) is 4.98 Å². The Morgan fingerprint density at radius 1 is 1.56 bits per heavy atom. The van der Waals surface area contributed by atoms with E-state index in [-0.39, 0.29) is 11.1 Å². The molecule has 18 heavy (non-hydrogen) atoms. The van der Waals surface area contributed by atoms with E-state index in [1.807, 2.05) is 16.7 Å². The van der Waals surface area contributed by atoms with Crippen molar-refractivity contribution in [3.05, 3.63) is 27.5 Å². The van der Waals surface area contributed by atoms with Gasteiger partial charge in [-0.2, -0.15) is 11.8 Å². The van der Waals surface area contributed by atoms with Crippen molar-refractivity contribution >= 4 is 45.2 Å². The third kappa shape index (κ3) is 3.19. The summed E-state index contributed by atoms with van der Waals surface area (Å²) < 4.78 is 0.772. The van der Waals surface area contributed by atoms with Gasteiger partial charge in [0.2, 0.25) is 0 Å². The van der Waals surface area contributed by atoms with Crippen LogP contribution in [0.15, 0.2) is 16.7 Å². The Morgan fingerprint density at radius 2 is 2.22 bits per heavy atom. The van der Waals surface area contributed by atoms with Crippen LogP contribution < -0.4 is 0 Å². The van der Waals surface area contributed by atoms with E-state index in [0.717, 1.165) is 30.4 Å². The molecule has 0 atom stereocenters. The molecule has 0 unspecified atom stereocenters. The average molecular weight is 350 g/mol. The highest BCUT2D eigenvalue weighted by molar-refractivity contribution is 9.10. The number of hydrogen-bond acceptors (Lipinski definition) is 3. The fourth-order valence-electron chi connectivity index (χ4n) is 2.04. The molecule has 0 N–H and O–H groups in total. The number of carbonyl (C=O) groups is 1. The number of rotatable bonds is 2. The maximum atomic E-state index is 12.3. The second-order valence-corrected chi connectivity index (χ2v) is 6.63. The van der Waals surface area contributed by atoms with Crippen molar-refractivity contribution in [2.75, 3.05) is 19.3 Å². The first-order valence-electron chi connectivity index (χ1n) is 5.75. The molecule has 1 aliphatic heterocycles. The number of nitrogens with zero attached hydrogens (tertiary/aromatic N) is 2. The highest BCUT2D eigenvalue weighted by Gasteiger charge is 2.24. The van der Waals surface area contributed by atoms with E-state index < -0.39 is 0 Å². The van der Waals surface area contributed by atoms with Crippen LogP contribution in [0, 0.1) is 0 Å². The minimum Gasteiger partial charge on any atom is -0.338 e. The summed E-state index contributed by atoms with van der Waals surface area (Å²) >= 11 is 11.2. The molecule has 1 aromatic rings. The molecule has 1 amide bonds. The van der Waals surface area contributed by atoms with Crippen LogP contribution in [-0.4, -0.2) is 40.4 Å². The second-order valence-electron chi connectivity index (χ2n) is 4.22. The molecule has 1 fully saturated rings. The van der Waals surface area contributed by atoms with E-state index in [9.17, 15) is 4.79 Å². The van der Waals surface area contributed by atoms with Crippen molar-refractivity contribution in [1.29, 1.82) is 0 Å². The molecule has 1 aliphatic rings. The Labute approximate surface area is 124 Å². The summed E-state index contributed by atoms with van der Waals surface area (Å²) in [5, 5.41) is 0.945. The summed E-state index contributed by atoms with van der Waals surface area (Å²) in [6, 6.07) is 1.73. The van der Waals surface area contributed by atoms with Crippen LogP contribution >= 0.6 is 39.3 Å². The maximum Gasteiger partial charge on any atom is 0.257 e. The van der Waals surface area contributed by atoms with Gasteiger partial charge in [0.05, 0.1) is 5.56 Å². The molecule has 0 saturated carbocycles. The summed E-state index contributed by atoms with van der Waals surface area (Å²) in [4.78, 5) is 18.2. The summed E-state index contributed by atoms with van der Waals surface area (Å²) in [6.07, 6.45) is 5.81. The molecule has 1 aromatic heterocycles. The highest BCUT2D eigenvalue weighted by atomic mass is 79.9. The lowest BCUT2D eigenvalue weighted by atomic mass is 10.1. The zero-order valence-corrected chi connectivity index (χ0v) is 13.2. The predicted molar refractivity (Wildman–Crippen MR) is 79.4 cm³/mol. The van der Waals surface area contributed by atoms with Crippen molar-refractivity contribution in [2.24, 2.45) is 0 Å². The van der Waals surface area contributed by atoms with Crippen LogP contribution in [0.4, 0.5) is 0 Å². The number of hydrogen-bond donors (Lipinski definition) is 0. The number of pyridine rings is 1. The molecule has 6 heteroatoms. The van der Waals surface area contributed by atoms with Gasteiger partial charge in [0.15, 0.2) is 0 Å². The molecule has 1 saturated heterocycles. The smallest absolute Gasteiger partial charge is 0.257 e. The SMILES string of the molecule is CSC1CCN(C(=O)c2cc(Br)cnc2Cl)CC1. The number of carbonyl (C=O) groups excluding carboxylic acids is 1. The Kier molecular flexibility index (Phi) is 4.92. The number of piperidine rings is 1. The van der Waals surface area contributed by atoms with E-state index >= 15 is 0 Å². The molecule has 0 aliphatic carbocycles. The summed E-state index contributed by atoms with van der Waals surface area (Å²) in [5.41, 5.74) is 0.480. The van der Waals surface area contributed by atoms with Gasteiger partial charge in [0.1, 0.15) is 5.15 Å². The molecule has 0 bridgehead atoms. The summed E-state index contributed by atoms with van der Waals surface area (Å²) in [7, 11) is 0. The van der Waals surface area contributed by atoms with Crippen molar-refractivity contribution in [1.82, 2.24) is 9.88 Å². The molecular weight excluding hydrogens is 336 g/mol. The van der Waals surface area contributed by atoms with Crippen LogP contribution in [-0.2, 0) is 0 Å². The standard InChI is InChI=1S/C12H14BrClN2OS/c1-18-9-2-4-16(5-3-9)12(17)10-6-8(13)7-15-11(10)14/h6-7,9H,2-5H2,1H3. The monoisotopic (exact) mass is 348 g/mol. The molecular formula is C12H14BrClN2OS. The van der Waals surface area contributed by atoms with Gasteiger partial charge >= 0.3 is 0 Å². The Balaban J connectivity index is 2.10.